The van der Waals surface area contributed by atoms with E-state index in [0.717, 1.165) is 35.5 Å². The highest BCUT2D eigenvalue weighted by Crippen LogP contribution is 2.19. The van der Waals surface area contributed by atoms with Gasteiger partial charge in [0.2, 0.25) is 0 Å². The van der Waals surface area contributed by atoms with Crippen LogP contribution in [0, 0.1) is 5.92 Å². The number of benzene rings is 1. The minimum Gasteiger partial charge on any atom is -0.388 e. The summed E-state index contributed by atoms with van der Waals surface area (Å²) < 4.78 is 1.05. The Hall–Kier alpha value is -0.380. The molecule has 18 heavy (non-hydrogen) atoms. The molecule has 2 nitrogen and oxygen atoms in total. The summed E-state index contributed by atoms with van der Waals surface area (Å²) in [6, 6.07) is 7.90. The third kappa shape index (κ3) is 5.98. The van der Waals surface area contributed by atoms with E-state index < -0.39 is 0 Å². The summed E-state index contributed by atoms with van der Waals surface area (Å²) in [5.74, 6) is 0.740. The third-order valence-electron chi connectivity index (χ3n) is 3.13. The highest BCUT2D eigenvalue weighted by Gasteiger charge is 2.09. The molecule has 3 heteroatoms. The van der Waals surface area contributed by atoms with Gasteiger partial charge < -0.3 is 10.0 Å². The lowest BCUT2D eigenvalue weighted by Gasteiger charge is -2.20. The normalized spacial score (nSPS) is 13.3. The Kier molecular flexibility index (Phi) is 6.90. The van der Waals surface area contributed by atoms with Gasteiger partial charge in [-0.25, -0.2) is 0 Å². The number of halogens is 1. The second-order valence-corrected chi connectivity index (χ2v) is 6.26. The van der Waals surface area contributed by atoms with Crippen molar-refractivity contribution in [3.63, 3.8) is 0 Å². The van der Waals surface area contributed by atoms with Gasteiger partial charge in [0, 0.05) is 11.0 Å². The SMILES string of the molecule is CC(C)CCN(C)CCC(O)c1ccc(Br)cc1. The van der Waals surface area contributed by atoms with Crippen molar-refractivity contribution in [1.29, 1.82) is 0 Å². The zero-order chi connectivity index (χ0) is 13.5. The summed E-state index contributed by atoms with van der Waals surface area (Å²) in [4.78, 5) is 2.29. The van der Waals surface area contributed by atoms with Gasteiger partial charge in [-0.2, -0.15) is 0 Å². The lowest BCUT2D eigenvalue weighted by atomic mass is 10.1. The minimum atomic E-state index is -0.361. The molecule has 0 aromatic heterocycles. The van der Waals surface area contributed by atoms with E-state index >= 15 is 0 Å². The van der Waals surface area contributed by atoms with Crippen LogP contribution in [-0.2, 0) is 0 Å². The van der Waals surface area contributed by atoms with Crippen LogP contribution in [0.15, 0.2) is 28.7 Å². The van der Waals surface area contributed by atoms with Gasteiger partial charge in [-0.3, -0.25) is 0 Å². The molecule has 1 N–H and O–H groups in total. The van der Waals surface area contributed by atoms with Gasteiger partial charge in [0.25, 0.3) is 0 Å². The van der Waals surface area contributed by atoms with E-state index in [2.05, 4.69) is 41.7 Å². The molecule has 0 saturated heterocycles. The monoisotopic (exact) mass is 313 g/mol. The highest BCUT2D eigenvalue weighted by molar-refractivity contribution is 9.10. The molecular formula is C15H24BrNO. The molecular weight excluding hydrogens is 290 g/mol. The van der Waals surface area contributed by atoms with Crippen molar-refractivity contribution in [2.75, 3.05) is 20.1 Å². The fourth-order valence-electron chi connectivity index (χ4n) is 1.78. The van der Waals surface area contributed by atoms with Crippen LogP contribution in [-0.4, -0.2) is 30.1 Å². The van der Waals surface area contributed by atoms with E-state index in [1.165, 1.54) is 6.42 Å². The highest BCUT2D eigenvalue weighted by atomic mass is 79.9. The van der Waals surface area contributed by atoms with E-state index in [1.54, 1.807) is 0 Å². The summed E-state index contributed by atoms with van der Waals surface area (Å²) in [5.41, 5.74) is 0.996. The van der Waals surface area contributed by atoms with Gasteiger partial charge in [-0.05, 0) is 50.0 Å². The maximum absolute atomic E-state index is 10.1. The Morgan fingerprint density at radius 1 is 1.11 bits per heavy atom. The first-order valence-electron chi connectivity index (χ1n) is 6.61. The zero-order valence-electron chi connectivity index (χ0n) is 11.6. The topological polar surface area (TPSA) is 23.5 Å². The minimum absolute atomic E-state index is 0.361. The summed E-state index contributed by atoms with van der Waals surface area (Å²) in [6.07, 6.45) is 1.64. The second kappa shape index (κ2) is 7.93. The summed E-state index contributed by atoms with van der Waals surface area (Å²) in [6.45, 7) is 6.52. The molecule has 0 spiro atoms. The molecule has 1 rings (SSSR count). The number of aliphatic hydroxyl groups excluding tert-OH is 1. The average Bonchev–Trinajstić information content (AvgIpc) is 2.34. The maximum Gasteiger partial charge on any atom is 0.0802 e. The molecule has 0 heterocycles. The van der Waals surface area contributed by atoms with Crippen molar-refractivity contribution < 1.29 is 5.11 Å². The molecule has 0 radical (unpaired) electrons. The van der Waals surface area contributed by atoms with Crippen LogP contribution >= 0.6 is 15.9 Å². The standard InChI is InChI=1S/C15H24BrNO/c1-12(2)8-10-17(3)11-9-15(18)13-4-6-14(16)7-5-13/h4-7,12,15,18H,8-11H2,1-3H3. The van der Waals surface area contributed by atoms with Crippen molar-refractivity contribution in [2.24, 2.45) is 5.92 Å². The third-order valence-corrected chi connectivity index (χ3v) is 3.66. The Morgan fingerprint density at radius 3 is 2.22 bits per heavy atom. The van der Waals surface area contributed by atoms with E-state index in [-0.39, 0.29) is 6.10 Å². The van der Waals surface area contributed by atoms with E-state index in [1.807, 2.05) is 24.3 Å². The molecule has 0 fully saturated rings. The molecule has 0 aliphatic heterocycles. The van der Waals surface area contributed by atoms with Gasteiger partial charge in [-0.1, -0.05) is 41.9 Å². The summed E-state index contributed by atoms with van der Waals surface area (Å²) >= 11 is 3.40. The second-order valence-electron chi connectivity index (χ2n) is 5.34. The van der Waals surface area contributed by atoms with E-state index in [0.29, 0.717) is 0 Å². The first kappa shape index (κ1) is 15.7. The molecule has 0 aliphatic carbocycles. The molecule has 1 aromatic rings. The van der Waals surface area contributed by atoms with Crippen LogP contribution in [0.3, 0.4) is 0 Å². The summed E-state index contributed by atoms with van der Waals surface area (Å²) in [5, 5.41) is 10.1. The molecule has 1 aromatic carbocycles. The number of hydrogen-bond acceptors (Lipinski definition) is 2. The number of rotatable bonds is 7. The lowest BCUT2D eigenvalue weighted by Crippen LogP contribution is -2.23. The molecule has 0 amide bonds. The number of aliphatic hydroxyl groups is 1. The van der Waals surface area contributed by atoms with Crippen molar-refractivity contribution in [1.82, 2.24) is 4.90 Å². The van der Waals surface area contributed by atoms with Crippen molar-refractivity contribution >= 4 is 15.9 Å². The first-order chi connectivity index (χ1) is 8.49. The molecule has 0 aliphatic rings. The van der Waals surface area contributed by atoms with Crippen LogP contribution in [0.5, 0.6) is 0 Å². The smallest absolute Gasteiger partial charge is 0.0802 e. The summed E-state index contributed by atoms with van der Waals surface area (Å²) in [7, 11) is 2.12. The molecule has 0 saturated carbocycles. The average molecular weight is 314 g/mol. The Balaban J connectivity index is 2.32. The van der Waals surface area contributed by atoms with Crippen LogP contribution in [0.25, 0.3) is 0 Å². The molecule has 1 unspecified atom stereocenters. The number of nitrogens with zero attached hydrogens (tertiary/aromatic N) is 1. The number of hydrogen-bond donors (Lipinski definition) is 1. The quantitative estimate of drug-likeness (QED) is 0.826. The van der Waals surface area contributed by atoms with Crippen molar-refractivity contribution in [3.8, 4) is 0 Å². The predicted molar refractivity (Wildman–Crippen MR) is 80.7 cm³/mol. The van der Waals surface area contributed by atoms with Gasteiger partial charge in [-0.15, -0.1) is 0 Å². The van der Waals surface area contributed by atoms with Crippen LogP contribution in [0.2, 0.25) is 0 Å². The van der Waals surface area contributed by atoms with Crippen molar-refractivity contribution in [2.45, 2.75) is 32.8 Å². The molecule has 1 atom stereocenters. The van der Waals surface area contributed by atoms with E-state index in [9.17, 15) is 5.11 Å². The predicted octanol–water partition coefficient (Wildman–Crippen LogP) is 3.85. The maximum atomic E-state index is 10.1. The zero-order valence-corrected chi connectivity index (χ0v) is 13.2. The van der Waals surface area contributed by atoms with Gasteiger partial charge >= 0.3 is 0 Å². The van der Waals surface area contributed by atoms with Gasteiger partial charge in [0.15, 0.2) is 0 Å². The fraction of sp³-hybridized carbons (Fsp3) is 0.600. The molecule has 102 valence electrons. The van der Waals surface area contributed by atoms with Crippen LogP contribution in [0.4, 0.5) is 0 Å². The Bertz CT molecular complexity index is 337. The Labute approximate surface area is 119 Å². The van der Waals surface area contributed by atoms with Crippen LogP contribution < -0.4 is 0 Å². The largest absolute Gasteiger partial charge is 0.388 e. The van der Waals surface area contributed by atoms with E-state index in [4.69, 9.17) is 0 Å². The first-order valence-corrected chi connectivity index (χ1v) is 7.40. The van der Waals surface area contributed by atoms with Crippen molar-refractivity contribution in [3.05, 3.63) is 34.3 Å². The molecule has 0 bridgehead atoms. The van der Waals surface area contributed by atoms with Crippen LogP contribution in [0.1, 0.15) is 38.4 Å². The van der Waals surface area contributed by atoms with Gasteiger partial charge in [0.1, 0.15) is 0 Å². The lowest BCUT2D eigenvalue weighted by molar-refractivity contribution is 0.148. The fourth-order valence-corrected chi connectivity index (χ4v) is 2.05. The van der Waals surface area contributed by atoms with Gasteiger partial charge in [0.05, 0.1) is 6.10 Å². The Morgan fingerprint density at radius 2 is 1.67 bits per heavy atom.